The first kappa shape index (κ1) is 22.8. The number of sulfonamides is 1. The number of amides is 1. The number of benzene rings is 2. The van der Waals surface area contributed by atoms with Crippen LogP contribution in [0.2, 0.25) is 0 Å². The van der Waals surface area contributed by atoms with E-state index in [1.165, 1.54) is 18.4 Å². The molecule has 0 saturated carbocycles. The van der Waals surface area contributed by atoms with Crippen molar-refractivity contribution in [1.82, 2.24) is 9.71 Å². The molecule has 4 aromatic rings. The van der Waals surface area contributed by atoms with E-state index in [1.54, 1.807) is 54.4 Å². The number of aromatic nitrogens is 1. The number of nitrogens with zero attached hydrogens (tertiary/aromatic N) is 1. The molecule has 2 heterocycles. The molecule has 1 amide bonds. The molecule has 0 atom stereocenters. The molecule has 168 valence electrons. The van der Waals surface area contributed by atoms with E-state index in [-0.39, 0.29) is 17.3 Å². The van der Waals surface area contributed by atoms with Gasteiger partial charge in [-0.25, -0.2) is 13.1 Å². The second-order valence-electron chi connectivity index (χ2n) is 7.06. The van der Waals surface area contributed by atoms with Crippen LogP contribution in [-0.4, -0.2) is 19.3 Å². The van der Waals surface area contributed by atoms with Crippen LogP contribution in [0.5, 0.6) is 0 Å². The van der Waals surface area contributed by atoms with Crippen molar-refractivity contribution in [2.24, 2.45) is 0 Å². The third-order valence-electron chi connectivity index (χ3n) is 4.66. The number of rotatable bonds is 9. The molecular weight excluding hydrogens is 458 g/mol. The molecule has 0 bridgehead atoms. The quantitative estimate of drug-likeness (QED) is 0.338. The molecule has 0 aliphatic carbocycles. The number of hydrogen-bond donors (Lipinski definition) is 2. The highest BCUT2D eigenvalue weighted by Crippen LogP contribution is 2.23. The smallest absolute Gasteiger partial charge is 0.255 e. The van der Waals surface area contributed by atoms with E-state index in [2.05, 4.69) is 15.0 Å². The van der Waals surface area contributed by atoms with Gasteiger partial charge in [0.05, 0.1) is 17.7 Å². The average Bonchev–Trinajstić information content (AvgIpc) is 3.37. The van der Waals surface area contributed by atoms with Gasteiger partial charge in [-0.2, -0.15) is 0 Å². The minimum absolute atomic E-state index is 0.0388. The summed E-state index contributed by atoms with van der Waals surface area (Å²) in [6.45, 7) is 0.0388. The van der Waals surface area contributed by atoms with Crippen molar-refractivity contribution >= 4 is 33.4 Å². The summed E-state index contributed by atoms with van der Waals surface area (Å²) in [5.74, 6) is 0.969. The van der Waals surface area contributed by atoms with Crippen molar-refractivity contribution in [2.75, 3.05) is 5.32 Å². The van der Waals surface area contributed by atoms with E-state index in [4.69, 9.17) is 4.42 Å². The zero-order valence-electron chi connectivity index (χ0n) is 17.5. The van der Waals surface area contributed by atoms with E-state index in [0.717, 1.165) is 16.2 Å². The van der Waals surface area contributed by atoms with E-state index >= 15 is 0 Å². The molecule has 2 N–H and O–H groups in total. The van der Waals surface area contributed by atoms with Gasteiger partial charge in [0.25, 0.3) is 5.91 Å². The highest BCUT2D eigenvalue weighted by Gasteiger charge is 2.16. The predicted octanol–water partition coefficient (Wildman–Crippen LogP) is 4.70. The van der Waals surface area contributed by atoms with Crippen molar-refractivity contribution in [1.29, 1.82) is 0 Å². The number of carbonyl (C=O) groups excluding carboxylic acids is 1. The lowest BCUT2D eigenvalue weighted by atomic mass is 10.2. The summed E-state index contributed by atoms with van der Waals surface area (Å²) in [6.07, 6.45) is 5.05. The standard InChI is InChI=1S/C24H21N3O4S2/c28-24(19-8-10-22(11-9-19)32-17-18-4-2-12-25-15-18)27-20-5-1-7-23(14-20)33(29,30)26-16-21-6-3-13-31-21/h1-15,26H,16-17H2,(H,27,28). The van der Waals surface area contributed by atoms with Crippen molar-refractivity contribution < 1.29 is 17.6 Å². The summed E-state index contributed by atoms with van der Waals surface area (Å²) in [6, 6.07) is 20.6. The summed E-state index contributed by atoms with van der Waals surface area (Å²) in [5.41, 5.74) is 1.98. The Morgan fingerprint density at radius 3 is 2.58 bits per heavy atom. The Morgan fingerprint density at radius 1 is 1.00 bits per heavy atom. The van der Waals surface area contributed by atoms with Crippen LogP contribution in [0.1, 0.15) is 21.7 Å². The molecule has 0 aliphatic heterocycles. The first-order chi connectivity index (χ1) is 16.0. The molecule has 0 aliphatic rings. The lowest BCUT2D eigenvalue weighted by Gasteiger charge is -2.09. The maximum atomic E-state index is 12.6. The van der Waals surface area contributed by atoms with Crippen LogP contribution in [0.4, 0.5) is 5.69 Å². The largest absolute Gasteiger partial charge is 0.468 e. The fourth-order valence-electron chi connectivity index (χ4n) is 2.96. The number of carbonyl (C=O) groups is 1. The maximum Gasteiger partial charge on any atom is 0.255 e. The number of thioether (sulfide) groups is 1. The molecule has 2 aromatic heterocycles. The molecule has 0 unspecified atom stereocenters. The van der Waals surface area contributed by atoms with Crippen molar-refractivity contribution in [3.8, 4) is 0 Å². The summed E-state index contributed by atoms with van der Waals surface area (Å²) in [5, 5.41) is 2.75. The second kappa shape index (κ2) is 10.5. The first-order valence-corrected chi connectivity index (χ1v) is 12.5. The Labute approximate surface area is 196 Å². The van der Waals surface area contributed by atoms with Gasteiger partial charge in [0.2, 0.25) is 10.0 Å². The fraction of sp³-hybridized carbons (Fsp3) is 0.0833. The number of furan rings is 1. The number of anilines is 1. The summed E-state index contributed by atoms with van der Waals surface area (Å²) in [4.78, 5) is 17.8. The topological polar surface area (TPSA) is 101 Å². The Hall–Kier alpha value is -3.40. The lowest BCUT2D eigenvalue weighted by Crippen LogP contribution is -2.23. The van der Waals surface area contributed by atoms with Crippen LogP contribution in [0.3, 0.4) is 0 Å². The molecule has 0 radical (unpaired) electrons. The Morgan fingerprint density at radius 2 is 1.85 bits per heavy atom. The van der Waals surface area contributed by atoms with E-state index < -0.39 is 10.0 Å². The molecule has 0 saturated heterocycles. The van der Waals surface area contributed by atoms with Crippen LogP contribution in [0.15, 0.2) is 106 Å². The van der Waals surface area contributed by atoms with Gasteiger partial charge >= 0.3 is 0 Å². The molecule has 7 nitrogen and oxygen atoms in total. The van der Waals surface area contributed by atoms with Crippen molar-refractivity contribution in [3.05, 3.63) is 108 Å². The second-order valence-corrected chi connectivity index (χ2v) is 9.88. The third-order valence-corrected chi connectivity index (χ3v) is 7.15. The molecular formula is C24H21N3O4S2. The number of hydrogen-bond acceptors (Lipinski definition) is 6. The van der Waals surface area contributed by atoms with Crippen LogP contribution >= 0.6 is 11.8 Å². The monoisotopic (exact) mass is 479 g/mol. The van der Waals surface area contributed by atoms with Crippen molar-refractivity contribution in [3.63, 3.8) is 0 Å². The summed E-state index contributed by atoms with van der Waals surface area (Å²) >= 11 is 1.65. The normalized spacial score (nSPS) is 11.3. The lowest BCUT2D eigenvalue weighted by molar-refractivity contribution is 0.102. The summed E-state index contributed by atoms with van der Waals surface area (Å²) in [7, 11) is -3.76. The van der Waals surface area contributed by atoms with Gasteiger partial charge in [-0.05, 0) is 66.2 Å². The zero-order chi connectivity index (χ0) is 23.1. The van der Waals surface area contributed by atoms with E-state index in [1.807, 2.05) is 30.5 Å². The molecule has 0 spiro atoms. The van der Waals surface area contributed by atoms with E-state index in [0.29, 0.717) is 17.0 Å². The van der Waals surface area contributed by atoms with Crippen LogP contribution in [0.25, 0.3) is 0 Å². The molecule has 4 rings (SSSR count). The predicted molar refractivity (Wildman–Crippen MR) is 127 cm³/mol. The third kappa shape index (κ3) is 6.32. The van der Waals surface area contributed by atoms with Crippen LogP contribution < -0.4 is 10.0 Å². The summed E-state index contributed by atoms with van der Waals surface area (Å²) < 4.78 is 32.8. The minimum atomic E-state index is -3.76. The number of nitrogens with one attached hydrogen (secondary N) is 2. The van der Waals surface area contributed by atoms with Gasteiger partial charge in [-0.15, -0.1) is 11.8 Å². The highest BCUT2D eigenvalue weighted by atomic mass is 32.2. The average molecular weight is 480 g/mol. The minimum Gasteiger partial charge on any atom is -0.468 e. The maximum absolute atomic E-state index is 12.6. The highest BCUT2D eigenvalue weighted by molar-refractivity contribution is 7.98. The molecule has 9 heteroatoms. The zero-order valence-corrected chi connectivity index (χ0v) is 19.1. The fourth-order valence-corrected chi connectivity index (χ4v) is 4.83. The molecule has 2 aromatic carbocycles. The molecule has 0 fully saturated rings. The van der Waals surface area contributed by atoms with Gasteiger partial charge in [0, 0.05) is 34.3 Å². The van der Waals surface area contributed by atoms with Crippen molar-refractivity contribution in [2.45, 2.75) is 22.1 Å². The Kier molecular flexibility index (Phi) is 7.23. The van der Waals surface area contributed by atoms with Crippen LogP contribution in [0, 0.1) is 0 Å². The van der Waals surface area contributed by atoms with Crippen LogP contribution in [-0.2, 0) is 22.3 Å². The van der Waals surface area contributed by atoms with Gasteiger partial charge in [-0.3, -0.25) is 9.78 Å². The van der Waals surface area contributed by atoms with E-state index in [9.17, 15) is 13.2 Å². The Balaban J connectivity index is 1.37. The molecule has 33 heavy (non-hydrogen) atoms. The Bertz CT molecular complexity index is 1310. The van der Waals surface area contributed by atoms with Gasteiger partial charge < -0.3 is 9.73 Å². The van der Waals surface area contributed by atoms with Gasteiger partial charge in [0.15, 0.2) is 0 Å². The van der Waals surface area contributed by atoms with Gasteiger partial charge in [0.1, 0.15) is 5.76 Å². The van der Waals surface area contributed by atoms with Gasteiger partial charge in [-0.1, -0.05) is 12.1 Å². The number of pyridine rings is 1. The first-order valence-electron chi connectivity index (χ1n) is 10.0. The SMILES string of the molecule is O=C(Nc1cccc(S(=O)(=O)NCc2ccco2)c1)c1ccc(SCc2cccnc2)cc1.